The fourth-order valence-corrected chi connectivity index (χ4v) is 1.65. The van der Waals surface area contributed by atoms with Crippen LogP contribution in [0.2, 0.25) is 0 Å². The molecule has 1 heterocycles. The number of pyridine rings is 1. The molecule has 0 bridgehead atoms. The van der Waals surface area contributed by atoms with Crippen molar-refractivity contribution in [3.05, 3.63) is 59.4 Å². The van der Waals surface area contributed by atoms with Crippen molar-refractivity contribution >= 4 is 11.7 Å². The lowest BCUT2D eigenvalue weighted by molar-refractivity contribution is 0.0472. The Hall–Kier alpha value is -2.36. The number of benzene rings is 1. The molecule has 0 unspecified atom stereocenters. The Morgan fingerprint density at radius 1 is 1.39 bits per heavy atom. The molecule has 0 radical (unpaired) electrons. The van der Waals surface area contributed by atoms with Gasteiger partial charge in [-0.15, -0.1) is 0 Å². The average Bonchev–Trinajstić information content (AvgIpc) is 2.36. The monoisotopic (exact) mass is 242 g/mol. The predicted molar refractivity (Wildman–Crippen MR) is 68.9 cm³/mol. The molecule has 0 aliphatic carbocycles. The van der Waals surface area contributed by atoms with E-state index in [0.717, 1.165) is 11.1 Å². The Bertz CT molecular complexity index is 533. The van der Waals surface area contributed by atoms with Crippen LogP contribution in [-0.4, -0.2) is 11.0 Å². The second-order valence-corrected chi connectivity index (χ2v) is 4.07. The molecule has 0 amide bonds. The second-order valence-electron chi connectivity index (χ2n) is 4.07. The summed E-state index contributed by atoms with van der Waals surface area (Å²) in [7, 11) is 0. The number of nitrogens with zero attached hydrogens (tertiary/aromatic N) is 1. The van der Waals surface area contributed by atoms with Crippen LogP contribution >= 0.6 is 0 Å². The third-order valence-corrected chi connectivity index (χ3v) is 2.43. The van der Waals surface area contributed by atoms with Gasteiger partial charge in [0.2, 0.25) is 0 Å². The Kier molecular flexibility index (Phi) is 3.57. The van der Waals surface area contributed by atoms with Crippen LogP contribution in [0, 0.1) is 6.92 Å². The number of aromatic nitrogens is 1. The van der Waals surface area contributed by atoms with Gasteiger partial charge in [-0.05, 0) is 36.8 Å². The van der Waals surface area contributed by atoms with Gasteiger partial charge in [-0.1, -0.05) is 6.07 Å². The van der Waals surface area contributed by atoms with Gasteiger partial charge in [0.05, 0.1) is 5.56 Å². The molecular weight excluding hydrogens is 228 g/mol. The van der Waals surface area contributed by atoms with E-state index in [4.69, 9.17) is 10.5 Å². The van der Waals surface area contributed by atoms with Crippen LogP contribution in [0.5, 0.6) is 0 Å². The number of hydrogen-bond acceptors (Lipinski definition) is 4. The molecule has 1 aromatic heterocycles. The van der Waals surface area contributed by atoms with Gasteiger partial charge in [0, 0.05) is 23.6 Å². The molecule has 4 nitrogen and oxygen atoms in total. The molecular formula is C14H14N2O2. The summed E-state index contributed by atoms with van der Waals surface area (Å²) < 4.78 is 5.19. The first kappa shape index (κ1) is 12.1. The summed E-state index contributed by atoms with van der Waals surface area (Å²) in [5.41, 5.74) is 8.50. The quantitative estimate of drug-likeness (QED) is 0.662. The molecule has 0 spiro atoms. The molecule has 2 N–H and O–H groups in total. The molecule has 0 aliphatic heterocycles. The van der Waals surface area contributed by atoms with E-state index >= 15 is 0 Å². The molecule has 0 atom stereocenters. The number of rotatable bonds is 3. The lowest BCUT2D eigenvalue weighted by Crippen LogP contribution is -2.06. The normalized spacial score (nSPS) is 10.1. The van der Waals surface area contributed by atoms with Gasteiger partial charge >= 0.3 is 5.97 Å². The van der Waals surface area contributed by atoms with E-state index in [1.165, 1.54) is 0 Å². The first-order valence-corrected chi connectivity index (χ1v) is 5.58. The van der Waals surface area contributed by atoms with Crippen LogP contribution < -0.4 is 5.73 Å². The summed E-state index contributed by atoms with van der Waals surface area (Å²) in [6.45, 7) is 2.09. The first-order chi connectivity index (χ1) is 8.65. The minimum atomic E-state index is -0.380. The molecule has 0 fully saturated rings. The van der Waals surface area contributed by atoms with Gasteiger partial charge in [0.1, 0.15) is 6.61 Å². The summed E-state index contributed by atoms with van der Waals surface area (Å²) in [5.74, 6) is -0.380. The van der Waals surface area contributed by atoms with Crippen molar-refractivity contribution in [3.63, 3.8) is 0 Å². The predicted octanol–water partition coefficient (Wildman–Crippen LogP) is 2.33. The topological polar surface area (TPSA) is 65.2 Å². The van der Waals surface area contributed by atoms with Gasteiger partial charge in [0.25, 0.3) is 0 Å². The SMILES string of the molecule is Cc1cc(N)cc(C(=O)OCc2cccnc2)c1. The van der Waals surface area contributed by atoms with Crippen molar-refractivity contribution in [3.8, 4) is 0 Å². The third kappa shape index (κ3) is 3.07. The van der Waals surface area contributed by atoms with E-state index < -0.39 is 0 Å². The van der Waals surface area contributed by atoms with E-state index in [2.05, 4.69) is 4.98 Å². The average molecular weight is 242 g/mol. The number of ether oxygens (including phenoxy) is 1. The van der Waals surface area contributed by atoms with E-state index in [0.29, 0.717) is 11.3 Å². The molecule has 1 aromatic carbocycles. The van der Waals surface area contributed by atoms with Gasteiger partial charge in [-0.2, -0.15) is 0 Å². The molecule has 2 rings (SSSR count). The van der Waals surface area contributed by atoms with Crippen LogP contribution in [0.25, 0.3) is 0 Å². The zero-order valence-corrected chi connectivity index (χ0v) is 10.1. The fourth-order valence-electron chi connectivity index (χ4n) is 1.65. The van der Waals surface area contributed by atoms with Crippen molar-refractivity contribution < 1.29 is 9.53 Å². The summed E-state index contributed by atoms with van der Waals surface area (Å²) in [5, 5.41) is 0. The lowest BCUT2D eigenvalue weighted by Gasteiger charge is -2.06. The Balaban J connectivity index is 2.04. The Morgan fingerprint density at radius 2 is 2.22 bits per heavy atom. The number of anilines is 1. The zero-order chi connectivity index (χ0) is 13.0. The molecule has 0 saturated heterocycles. The maximum Gasteiger partial charge on any atom is 0.338 e. The van der Waals surface area contributed by atoms with Crippen molar-refractivity contribution in [2.75, 3.05) is 5.73 Å². The van der Waals surface area contributed by atoms with Crippen LogP contribution in [0.4, 0.5) is 5.69 Å². The second kappa shape index (κ2) is 5.31. The molecule has 2 aromatic rings. The summed E-state index contributed by atoms with van der Waals surface area (Å²) in [6, 6.07) is 8.82. The fraction of sp³-hybridized carbons (Fsp3) is 0.143. The highest BCUT2D eigenvalue weighted by Crippen LogP contribution is 2.13. The zero-order valence-electron chi connectivity index (χ0n) is 10.1. The number of carbonyl (C=O) groups excluding carboxylic acids is 1. The van der Waals surface area contributed by atoms with Gasteiger partial charge in [-0.3, -0.25) is 4.98 Å². The first-order valence-electron chi connectivity index (χ1n) is 5.58. The van der Waals surface area contributed by atoms with Crippen molar-refractivity contribution in [2.24, 2.45) is 0 Å². The Morgan fingerprint density at radius 3 is 2.89 bits per heavy atom. The number of hydrogen-bond donors (Lipinski definition) is 1. The highest BCUT2D eigenvalue weighted by molar-refractivity contribution is 5.90. The highest BCUT2D eigenvalue weighted by atomic mass is 16.5. The summed E-state index contributed by atoms with van der Waals surface area (Å²) in [4.78, 5) is 15.8. The summed E-state index contributed by atoms with van der Waals surface area (Å²) in [6.07, 6.45) is 3.34. The van der Waals surface area contributed by atoms with Crippen molar-refractivity contribution in [1.29, 1.82) is 0 Å². The molecule has 4 heteroatoms. The highest BCUT2D eigenvalue weighted by Gasteiger charge is 2.08. The number of esters is 1. The number of aryl methyl sites for hydroxylation is 1. The Labute approximate surface area is 105 Å². The number of carbonyl (C=O) groups is 1. The van der Waals surface area contributed by atoms with E-state index in [1.54, 1.807) is 36.7 Å². The minimum Gasteiger partial charge on any atom is -0.457 e. The van der Waals surface area contributed by atoms with E-state index in [-0.39, 0.29) is 12.6 Å². The standard InChI is InChI=1S/C14H14N2O2/c1-10-5-12(7-13(15)6-10)14(17)18-9-11-3-2-4-16-8-11/h2-8H,9,15H2,1H3. The summed E-state index contributed by atoms with van der Waals surface area (Å²) >= 11 is 0. The largest absolute Gasteiger partial charge is 0.457 e. The molecule has 0 saturated carbocycles. The molecule has 92 valence electrons. The maximum absolute atomic E-state index is 11.8. The third-order valence-electron chi connectivity index (χ3n) is 2.43. The van der Waals surface area contributed by atoms with Crippen molar-refractivity contribution in [2.45, 2.75) is 13.5 Å². The van der Waals surface area contributed by atoms with Gasteiger partial charge < -0.3 is 10.5 Å². The van der Waals surface area contributed by atoms with Crippen molar-refractivity contribution in [1.82, 2.24) is 4.98 Å². The molecule has 0 aliphatic rings. The van der Waals surface area contributed by atoms with E-state index in [1.807, 2.05) is 13.0 Å². The van der Waals surface area contributed by atoms with Crippen LogP contribution in [0.1, 0.15) is 21.5 Å². The number of nitrogens with two attached hydrogens (primary N) is 1. The lowest BCUT2D eigenvalue weighted by atomic mass is 10.1. The maximum atomic E-state index is 11.8. The van der Waals surface area contributed by atoms with Crippen LogP contribution in [0.15, 0.2) is 42.7 Å². The minimum absolute atomic E-state index is 0.209. The van der Waals surface area contributed by atoms with E-state index in [9.17, 15) is 4.79 Å². The van der Waals surface area contributed by atoms with Gasteiger partial charge in [0.15, 0.2) is 0 Å². The van der Waals surface area contributed by atoms with Gasteiger partial charge in [-0.25, -0.2) is 4.79 Å². The molecule has 18 heavy (non-hydrogen) atoms. The van der Waals surface area contributed by atoms with Crippen LogP contribution in [-0.2, 0) is 11.3 Å². The van der Waals surface area contributed by atoms with Crippen LogP contribution in [0.3, 0.4) is 0 Å². The number of nitrogen functional groups attached to an aromatic ring is 1. The smallest absolute Gasteiger partial charge is 0.338 e.